The fourth-order valence-electron chi connectivity index (χ4n) is 2.51. The van der Waals surface area contributed by atoms with Gasteiger partial charge in [-0.15, -0.1) is 0 Å². The van der Waals surface area contributed by atoms with E-state index in [4.69, 9.17) is 0 Å². The van der Waals surface area contributed by atoms with Gasteiger partial charge in [0.25, 0.3) is 0 Å². The van der Waals surface area contributed by atoms with Crippen molar-refractivity contribution in [2.24, 2.45) is 5.92 Å². The van der Waals surface area contributed by atoms with Crippen LogP contribution in [0, 0.1) is 24.2 Å². The maximum absolute atomic E-state index is 9.19. The Morgan fingerprint density at radius 3 is 2.87 bits per heavy atom. The Morgan fingerprint density at radius 1 is 1.40 bits per heavy atom. The maximum Gasteiger partial charge on any atom is 0.105 e. The van der Waals surface area contributed by atoms with Crippen LogP contribution in [0.3, 0.4) is 0 Å². The molecule has 1 aliphatic rings. The minimum Gasteiger partial charge on any atom is -0.331 e. The van der Waals surface area contributed by atoms with Crippen LogP contribution in [0.2, 0.25) is 0 Å². The number of imidazole rings is 1. The van der Waals surface area contributed by atoms with Crippen LogP contribution in [0.15, 0.2) is 12.4 Å². The molecule has 2 unspecified atom stereocenters. The quantitative estimate of drug-likeness (QED) is 0.658. The molecule has 2 atom stereocenters. The normalized spacial score (nSPS) is 26.9. The number of hydrogen-bond acceptors (Lipinski definition) is 2. The first-order chi connectivity index (χ1) is 7.33. The summed E-state index contributed by atoms with van der Waals surface area (Å²) in [7, 11) is 0. The Labute approximate surface area is 90.7 Å². The smallest absolute Gasteiger partial charge is 0.105 e. The lowest BCUT2D eigenvalue weighted by Crippen LogP contribution is -2.17. The molecule has 1 aliphatic carbocycles. The summed E-state index contributed by atoms with van der Waals surface area (Å²) in [6.07, 6.45) is 9.70. The van der Waals surface area contributed by atoms with Gasteiger partial charge >= 0.3 is 0 Å². The van der Waals surface area contributed by atoms with Gasteiger partial charge in [0, 0.05) is 12.4 Å². The highest BCUT2D eigenvalue weighted by Gasteiger charge is 2.25. The zero-order valence-electron chi connectivity index (χ0n) is 9.19. The molecule has 0 saturated heterocycles. The Kier molecular flexibility index (Phi) is 3.05. The van der Waals surface area contributed by atoms with Crippen molar-refractivity contribution in [1.29, 1.82) is 5.26 Å². The highest BCUT2D eigenvalue weighted by molar-refractivity contribution is 4.99. The van der Waals surface area contributed by atoms with Gasteiger partial charge in [-0.25, -0.2) is 4.98 Å². The number of nitriles is 1. The summed E-state index contributed by atoms with van der Waals surface area (Å²) in [5.74, 6) is 1.20. The van der Waals surface area contributed by atoms with Crippen LogP contribution in [-0.2, 0) is 0 Å². The lowest BCUT2D eigenvalue weighted by molar-refractivity contribution is 0.366. The molecule has 1 fully saturated rings. The van der Waals surface area contributed by atoms with E-state index in [1.807, 2.05) is 19.3 Å². The number of nitrogens with zero attached hydrogens (tertiary/aromatic N) is 3. The van der Waals surface area contributed by atoms with Gasteiger partial charge in [-0.1, -0.05) is 19.3 Å². The Bertz CT molecular complexity index is 361. The molecular weight excluding hydrogens is 186 g/mol. The van der Waals surface area contributed by atoms with Crippen LogP contribution in [0.5, 0.6) is 0 Å². The SMILES string of the molecule is Cc1nccn1C1CCCCCC1C#N. The fourth-order valence-corrected chi connectivity index (χ4v) is 2.51. The van der Waals surface area contributed by atoms with Crippen molar-refractivity contribution in [1.82, 2.24) is 9.55 Å². The molecule has 15 heavy (non-hydrogen) atoms. The molecule has 0 amide bonds. The molecule has 3 heteroatoms. The van der Waals surface area contributed by atoms with Crippen molar-refractivity contribution >= 4 is 0 Å². The third-order valence-corrected chi connectivity index (χ3v) is 3.36. The summed E-state index contributed by atoms with van der Waals surface area (Å²) in [5, 5.41) is 9.19. The number of aryl methyl sites for hydroxylation is 1. The van der Waals surface area contributed by atoms with Crippen molar-refractivity contribution in [3.05, 3.63) is 18.2 Å². The van der Waals surface area contributed by atoms with E-state index in [2.05, 4.69) is 15.6 Å². The minimum absolute atomic E-state index is 0.167. The van der Waals surface area contributed by atoms with E-state index in [0.717, 1.165) is 18.7 Å². The summed E-state index contributed by atoms with van der Waals surface area (Å²) in [6.45, 7) is 2.01. The second-order valence-electron chi connectivity index (χ2n) is 4.32. The lowest BCUT2D eigenvalue weighted by atomic mass is 9.96. The second kappa shape index (κ2) is 4.48. The number of aromatic nitrogens is 2. The van der Waals surface area contributed by atoms with Gasteiger partial charge in [0.2, 0.25) is 0 Å². The van der Waals surface area contributed by atoms with Crippen LogP contribution in [0.1, 0.15) is 44.0 Å². The first-order valence-corrected chi connectivity index (χ1v) is 5.72. The molecule has 0 bridgehead atoms. The van der Waals surface area contributed by atoms with E-state index >= 15 is 0 Å². The summed E-state index contributed by atoms with van der Waals surface area (Å²) in [6, 6.07) is 2.81. The van der Waals surface area contributed by atoms with Gasteiger partial charge in [0.1, 0.15) is 5.82 Å². The number of hydrogen-bond donors (Lipinski definition) is 0. The van der Waals surface area contributed by atoms with Crippen molar-refractivity contribution in [3.63, 3.8) is 0 Å². The molecule has 3 nitrogen and oxygen atoms in total. The van der Waals surface area contributed by atoms with E-state index in [1.165, 1.54) is 19.3 Å². The maximum atomic E-state index is 9.19. The van der Waals surface area contributed by atoms with E-state index in [-0.39, 0.29) is 5.92 Å². The van der Waals surface area contributed by atoms with Crippen LogP contribution in [-0.4, -0.2) is 9.55 Å². The largest absolute Gasteiger partial charge is 0.331 e. The molecule has 0 spiro atoms. The van der Waals surface area contributed by atoms with Crippen molar-refractivity contribution in [2.75, 3.05) is 0 Å². The fraction of sp³-hybridized carbons (Fsp3) is 0.667. The molecule has 1 heterocycles. The molecule has 0 radical (unpaired) electrons. The Morgan fingerprint density at radius 2 is 2.20 bits per heavy atom. The lowest BCUT2D eigenvalue weighted by Gasteiger charge is -2.22. The molecule has 0 aliphatic heterocycles. The third-order valence-electron chi connectivity index (χ3n) is 3.36. The molecule has 80 valence electrons. The topological polar surface area (TPSA) is 41.6 Å². The molecule has 1 aromatic heterocycles. The Hall–Kier alpha value is -1.30. The van der Waals surface area contributed by atoms with Gasteiger partial charge in [-0.05, 0) is 19.8 Å². The summed E-state index contributed by atoms with van der Waals surface area (Å²) >= 11 is 0. The summed E-state index contributed by atoms with van der Waals surface area (Å²) in [4.78, 5) is 4.24. The molecule has 2 rings (SSSR count). The average Bonchev–Trinajstić information content (AvgIpc) is 2.54. The first-order valence-electron chi connectivity index (χ1n) is 5.72. The van der Waals surface area contributed by atoms with E-state index in [0.29, 0.717) is 6.04 Å². The predicted octanol–water partition coefficient (Wildman–Crippen LogP) is 2.84. The van der Waals surface area contributed by atoms with Crippen LogP contribution < -0.4 is 0 Å². The molecule has 0 N–H and O–H groups in total. The van der Waals surface area contributed by atoms with Crippen molar-refractivity contribution in [3.8, 4) is 6.07 Å². The van der Waals surface area contributed by atoms with Crippen molar-refractivity contribution in [2.45, 2.75) is 45.1 Å². The molecular formula is C12H17N3. The highest BCUT2D eigenvalue weighted by atomic mass is 15.1. The molecule has 1 saturated carbocycles. The van der Waals surface area contributed by atoms with Gasteiger partial charge in [0.05, 0.1) is 18.0 Å². The average molecular weight is 203 g/mol. The zero-order valence-corrected chi connectivity index (χ0v) is 9.19. The van der Waals surface area contributed by atoms with Crippen LogP contribution in [0.25, 0.3) is 0 Å². The van der Waals surface area contributed by atoms with Crippen molar-refractivity contribution < 1.29 is 0 Å². The summed E-state index contributed by atoms with van der Waals surface area (Å²) < 4.78 is 2.18. The first kappa shape index (κ1) is 10.2. The van der Waals surface area contributed by atoms with Gasteiger partial charge in [-0.2, -0.15) is 5.26 Å². The van der Waals surface area contributed by atoms with E-state index in [9.17, 15) is 5.26 Å². The second-order valence-corrected chi connectivity index (χ2v) is 4.32. The van der Waals surface area contributed by atoms with Gasteiger partial charge in [-0.3, -0.25) is 0 Å². The standard InChI is InChI=1S/C12H17N3/c1-10-14-7-8-15(10)12-6-4-2-3-5-11(12)9-13/h7-8,11-12H,2-6H2,1H3. The van der Waals surface area contributed by atoms with Crippen LogP contribution in [0.4, 0.5) is 0 Å². The van der Waals surface area contributed by atoms with Gasteiger partial charge < -0.3 is 4.57 Å². The molecule has 0 aromatic carbocycles. The van der Waals surface area contributed by atoms with E-state index < -0.39 is 0 Å². The minimum atomic E-state index is 0.167. The zero-order chi connectivity index (χ0) is 10.7. The Balaban J connectivity index is 2.25. The van der Waals surface area contributed by atoms with E-state index in [1.54, 1.807) is 0 Å². The monoisotopic (exact) mass is 203 g/mol. The molecule has 1 aromatic rings. The van der Waals surface area contributed by atoms with Crippen LogP contribution >= 0.6 is 0 Å². The predicted molar refractivity (Wildman–Crippen MR) is 58.2 cm³/mol. The highest BCUT2D eigenvalue weighted by Crippen LogP contribution is 2.32. The third kappa shape index (κ3) is 2.04. The van der Waals surface area contributed by atoms with Gasteiger partial charge in [0.15, 0.2) is 0 Å². The summed E-state index contributed by atoms with van der Waals surface area (Å²) in [5.41, 5.74) is 0. The number of rotatable bonds is 1.